The van der Waals surface area contributed by atoms with Crippen LogP contribution in [0.5, 0.6) is 0 Å². The van der Waals surface area contributed by atoms with Crippen LogP contribution in [0.15, 0.2) is 40.0 Å². The van der Waals surface area contributed by atoms with Crippen LogP contribution in [0.25, 0.3) is 0 Å². The normalized spacial score (nSPS) is 11.5. The second-order valence-corrected chi connectivity index (χ2v) is 6.80. The first-order valence-corrected chi connectivity index (χ1v) is 7.59. The molecule has 0 aliphatic rings. The Labute approximate surface area is 120 Å². The fraction of sp³-hybridized carbons (Fsp3) is 0.182. The summed E-state index contributed by atoms with van der Waals surface area (Å²) in [5, 5.41) is 3.98. The molecule has 2 N–H and O–H groups in total. The lowest BCUT2D eigenvalue weighted by Gasteiger charge is -2.21. The highest BCUT2D eigenvalue weighted by Gasteiger charge is 2.25. The summed E-state index contributed by atoms with van der Waals surface area (Å²) in [5.41, 5.74) is 6.65. The fourth-order valence-electron chi connectivity index (χ4n) is 1.70. The fourth-order valence-corrected chi connectivity index (χ4v) is 3.40. The molecule has 0 spiro atoms. The Balaban J connectivity index is 2.50. The van der Waals surface area contributed by atoms with Gasteiger partial charge in [0, 0.05) is 18.6 Å². The van der Waals surface area contributed by atoms with Gasteiger partial charge in [-0.15, -0.1) is 0 Å². The Morgan fingerprint density at radius 1 is 1.37 bits per heavy atom. The number of benzene rings is 1. The van der Waals surface area contributed by atoms with Gasteiger partial charge in [0.1, 0.15) is 0 Å². The van der Waals surface area contributed by atoms with Gasteiger partial charge in [-0.05, 0) is 24.3 Å². The summed E-state index contributed by atoms with van der Waals surface area (Å²) in [6.45, 7) is 0. The van der Waals surface area contributed by atoms with Crippen molar-refractivity contribution in [3.63, 3.8) is 0 Å². The molecule has 0 radical (unpaired) electrons. The number of nitrogen functional groups attached to an aromatic ring is 1. The molecule has 0 saturated carbocycles. The van der Waals surface area contributed by atoms with Crippen molar-refractivity contribution in [3.8, 4) is 0 Å². The van der Waals surface area contributed by atoms with Gasteiger partial charge in [0.2, 0.25) is 0 Å². The Kier molecular flexibility index (Phi) is 3.55. The van der Waals surface area contributed by atoms with Crippen LogP contribution in [0.1, 0.15) is 0 Å². The average molecular weight is 345 g/mol. The van der Waals surface area contributed by atoms with Gasteiger partial charge >= 0.3 is 0 Å². The number of sulfonamides is 1. The molecular weight excluding hydrogens is 332 g/mol. The molecule has 2 rings (SSSR count). The maximum Gasteiger partial charge on any atom is 0.281 e. The summed E-state index contributed by atoms with van der Waals surface area (Å²) in [6, 6.07) is 6.49. The van der Waals surface area contributed by atoms with Crippen molar-refractivity contribution in [1.82, 2.24) is 9.78 Å². The van der Waals surface area contributed by atoms with E-state index in [-0.39, 0.29) is 5.03 Å². The summed E-state index contributed by atoms with van der Waals surface area (Å²) >= 11 is 3.28. The molecule has 0 amide bonds. The van der Waals surface area contributed by atoms with Crippen LogP contribution in [0.3, 0.4) is 0 Å². The van der Waals surface area contributed by atoms with E-state index in [0.717, 1.165) is 8.78 Å². The van der Waals surface area contributed by atoms with E-state index in [2.05, 4.69) is 21.0 Å². The zero-order chi connectivity index (χ0) is 14.2. The molecule has 2 aromatic rings. The van der Waals surface area contributed by atoms with Gasteiger partial charge in [-0.1, -0.05) is 15.9 Å². The molecule has 0 fully saturated rings. The van der Waals surface area contributed by atoms with Crippen molar-refractivity contribution >= 4 is 37.3 Å². The van der Waals surface area contributed by atoms with Crippen molar-refractivity contribution in [2.24, 2.45) is 7.05 Å². The van der Waals surface area contributed by atoms with Crippen molar-refractivity contribution in [1.29, 1.82) is 0 Å². The summed E-state index contributed by atoms with van der Waals surface area (Å²) < 4.78 is 28.1. The van der Waals surface area contributed by atoms with Crippen LogP contribution in [0.4, 0.5) is 11.4 Å². The van der Waals surface area contributed by atoms with E-state index in [9.17, 15) is 8.42 Å². The molecule has 1 aromatic carbocycles. The second kappa shape index (κ2) is 4.86. The van der Waals surface area contributed by atoms with Crippen molar-refractivity contribution in [3.05, 3.63) is 34.9 Å². The third-order valence-corrected chi connectivity index (χ3v) is 5.07. The molecule has 0 bridgehead atoms. The molecule has 0 unspecified atom stereocenters. The average Bonchev–Trinajstić information content (AvgIpc) is 2.75. The third-order valence-electron chi connectivity index (χ3n) is 2.73. The predicted octanol–water partition coefficient (Wildman–Crippen LogP) is 1.59. The minimum atomic E-state index is -3.68. The monoisotopic (exact) mass is 344 g/mol. The standard InChI is InChI=1S/C11H13BrN4O2S/c1-15-11(5-6-14-15)19(17,18)16(2)10-4-3-8(12)7-9(10)13/h3-7H,13H2,1-2H3. The summed E-state index contributed by atoms with van der Waals surface area (Å²) in [4.78, 5) is 0. The van der Waals surface area contributed by atoms with Crippen LogP contribution in [0, 0.1) is 0 Å². The molecule has 0 aliphatic heterocycles. The molecule has 1 aromatic heterocycles. The lowest BCUT2D eigenvalue weighted by molar-refractivity contribution is 0.575. The minimum absolute atomic E-state index is 0.109. The highest BCUT2D eigenvalue weighted by Crippen LogP contribution is 2.29. The number of anilines is 2. The van der Waals surface area contributed by atoms with Crippen LogP contribution in [0.2, 0.25) is 0 Å². The van der Waals surface area contributed by atoms with E-state index in [1.54, 1.807) is 25.2 Å². The first-order chi connectivity index (χ1) is 8.84. The Morgan fingerprint density at radius 3 is 2.58 bits per heavy atom. The van der Waals surface area contributed by atoms with E-state index in [4.69, 9.17) is 5.73 Å². The van der Waals surface area contributed by atoms with E-state index in [1.807, 2.05) is 0 Å². The molecule has 0 atom stereocenters. The lowest BCUT2D eigenvalue weighted by atomic mass is 10.3. The summed E-state index contributed by atoms with van der Waals surface area (Å²) in [6.07, 6.45) is 1.44. The molecule has 102 valence electrons. The number of hydrogen-bond donors (Lipinski definition) is 1. The van der Waals surface area contributed by atoms with E-state index < -0.39 is 10.0 Å². The second-order valence-electron chi connectivity index (χ2n) is 3.97. The minimum Gasteiger partial charge on any atom is -0.397 e. The maximum absolute atomic E-state index is 12.4. The van der Waals surface area contributed by atoms with E-state index >= 15 is 0 Å². The van der Waals surface area contributed by atoms with Gasteiger partial charge in [0.25, 0.3) is 10.0 Å². The van der Waals surface area contributed by atoms with Crippen molar-refractivity contribution in [2.45, 2.75) is 5.03 Å². The molecule has 0 aliphatic carbocycles. The van der Waals surface area contributed by atoms with Gasteiger partial charge < -0.3 is 5.73 Å². The van der Waals surface area contributed by atoms with Gasteiger partial charge in [-0.25, -0.2) is 0 Å². The number of nitrogens with zero attached hydrogens (tertiary/aromatic N) is 3. The summed E-state index contributed by atoms with van der Waals surface area (Å²) in [5.74, 6) is 0. The van der Waals surface area contributed by atoms with Gasteiger partial charge in [0.05, 0.1) is 17.6 Å². The zero-order valence-corrected chi connectivity index (χ0v) is 12.8. The number of aromatic nitrogens is 2. The lowest BCUT2D eigenvalue weighted by Crippen LogP contribution is -2.29. The first-order valence-electron chi connectivity index (χ1n) is 5.36. The van der Waals surface area contributed by atoms with E-state index in [0.29, 0.717) is 11.4 Å². The molecule has 0 saturated heterocycles. The van der Waals surface area contributed by atoms with Crippen molar-refractivity contribution < 1.29 is 8.42 Å². The van der Waals surface area contributed by atoms with Crippen LogP contribution < -0.4 is 10.0 Å². The van der Waals surface area contributed by atoms with Gasteiger partial charge in [0.15, 0.2) is 5.03 Å². The largest absolute Gasteiger partial charge is 0.397 e. The number of rotatable bonds is 3. The molecule has 19 heavy (non-hydrogen) atoms. The Morgan fingerprint density at radius 2 is 2.05 bits per heavy atom. The van der Waals surface area contributed by atoms with Gasteiger partial charge in [-0.2, -0.15) is 13.5 Å². The molecule has 6 nitrogen and oxygen atoms in total. The topological polar surface area (TPSA) is 81.2 Å². The molecule has 8 heteroatoms. The number of aryl methyl sites for hydroxylation is 1. The van der Waals surface area contributed by atoms with Crippen molar-refractivity contribution in [2.75, 3.05) is 17.1 Å². The number of nitrogens with two attached hydrogens (primary N) is 1. The van der Waals surface area contributed by atoms with Crippen LogP contribution in [-0.2, 0) is 17.1 Å². The highest BCUT2D eigenvalue weighted by atomic mass is 79.9. The molecular formula is C11H13BrN4O2S. The van der Waals surface area contributed by atoms with Gasteiger partial charge in [-0.3, -0.25) is 8.99 Å². The Bertz CT molecular complexity index is 711. The first kappa shape index (κ1) is 13.9. The highest BCUT2D eigenvalue weighted by molar-refractivity contribution is 9.10. The van der Waals surface area contributed by atoms with Crippen LogP contribution >= 0.6 is 15.9 Å². The third kappa shape index (κ3) is 2.45. The Hall–Kier alpha value is -1.54. The van der Waals surface area contributed by atoms with E-state index in [1.165, 1.54) is 24.0 Å². The maximum atomic E-state index is 12.4. The number of hydrogen-bond acceptors (Lipinski definition) is 4. The number of halogens is 1. The predicted molar refractivity (Wildman–Crippen MR) is 77.4 cm³/mol. The smallest absolute Gasteiger partial charge is 0.281 e. The van der Waals surface area contributed by atoms with Crippen LogP contribution in [-0.4, -0.2) is 25.2 Å². The summed E-state index contributed by atoms with van der Waals surface area (Å²) in [7, 11) is -0.641. The molecule has 1 heterocycles. The quantitative estimate of drug-likeness (QED) is 0.857. The SMILES string of the molecule is CN(c1ccc(Br)cc1N)S(=O)(=O)c1ccnn1C. The zero-order valence-electron chi connectivity index (χ0n) is 10.4.